The molecule has 0 bridgehead atoms. The number of nitrogens with one attached hydrogen (secondary N) is 2. The number of piperidine rings is 1. The fourth-order valence-electron chi connectivity index (χ4n) is 4.20. The van der Waals surface area contributed by atoms with Crippen molar-refractivity contribution in [3.63, 3.8) is 0 Å². The minimum absolute atomic E-state index is 0.0133. The van der Waals surface area contributed by atoms with Gasteiger partial charge in [-0.15, -0.1) is 11.3 Å². The van der Waals surface area contributed by atoms with Gasteiger partial charge >= 0.3 is 0 Å². The molecule has 3 heterocycles. The predicted octanol–water partition coefficient (Wildman–Crippen LogP) is 3.63. The van der Waals surface area contributed by atoms with Crippen molar-refractivity contribution in [1.29, 1.82) is 5.41 Å². The molecule has 0 atom stereocenters. The zero-order valence-corrected chi connectivity index (χ0v) is 16.3. The molecule has 5 nitrogen and oxygen atoms in total. The lowest BCUT2D eigenvalue weighted by Crippen LogP contribution is -2.62. The Labute approximate surface area is 148 Å². The van der Waals surface area contributed by atoms with Crippen molar-refractivity contribution in [3.8, 4) is 0 Å². The lowest BCUT2D eigenvalue weighted by molar-refractivity contribution is 0.105. The largest absolute Gasteiger partial charge is 0.510 e. The highest BCUT2D eigenvalue weighted by atomic mass is 32.1. The Hall–Kier alpha value is -1.40. The normalized spacial score (nSPS) is 24.1. The number of amidine groups is 1. The summed E-state index contributed by atoms with van der Waals surface area (Å²) in [6, 6.07) is 0.241. The molecule has 0 aliphatic carbocycles. The summed E-state index contributed by atoms with van der Waals surface area (Å²) >= 11 is 1.56. The number of aromatic nitrogens is 1. The van der Waals surface area contributed by atoms with Crippen LogP contribution in [0.15, 0.2) is 5.76 Å². The summed E-state index contributed by atoms with van der Waals surface area (Å²) in [5.41, 5.74) is 1.62. The van der Waals surface area contributed by atoms with Gasteiger partial charge in [-0.25, -0.2) is 4.98 Å². The zero-order chi connectivity index (χ0) is 17.9. The van der Waals surface area contributed by atoms with Crippen LogP contribution in [0, 0.1) is 19.3 Å². The van der Waals surface area contributed by atoms with E-state index >= 15 is 0 Å². The summed E-state index contributed by atoms with van der Waals surface area (Å²) in [6.45, 7) is 13.3. The molecule has 6 heteroatoms. The Kier molecular flexibility index (Phi) is 4.04. The second kappa shape index (κ2) is 5.56. The van der Waals surface area contributed by atoms with Crippen LogP contribution in [0.2, 0.25) is 0 Å². The summed E-state index contributed by atoms with van der Waals surface area (Å²) in [5, 5.41) is 23.6. The van der Waals surface area contributed by atoms with Gasteiger partial charge in [0.05, 0.1) is 17.8 Å². The van der Waals surface area contributed by atoms with E-state index in [4.69, 9.17) is 5.41 Å². The molecule has 2 aliphatic heterocycles. The lowest BCUT2D eigenvalue weighted by Gasteiger charge is -2.49. The van der Waals surface area contributed by atoms with Crippen LogP contribution in [0.3, 0.4) is 0 Å². The molecular formula is C18H28N4OS. The summed E-state index contributed by atoms with van der Waals surface area (Å²) in [5.74, 6) is 0.697. The second-order valence-corrected chi connectivity index (χ2v) is 9.62. The van der Waals surface area contributed by atoms with Crippen molar-refractivity contribution in [2.24, 2.45) is 0 Å². The van der Waals surface area contributed by atoms with E-state index < -0.39 is 0 Å². The van der Waals surface area contributed by atoms with Crippen LogP contribution in [0.4, 0.5) is 0 Å². The van der Waals surface area contributed by atoms with Crippen LogP contribution in [0.5, 0.6) is 0 Å². The van der Waals surface area contributed by atoms with Crippen LogP contribution >= 0.6 is 11.3 Å². The first-order chi connectivity index (χ1) is 11.0. The molecule has 0 aromatic carbocycles. The van der Waals surface area contributed by atoms with Gasteiger partial charge in [-0.05, 0) is 54.4 Å². The Bertz CT molecular complexity index is 681. The highest BCUT2D eigenvalue weighted by Gasteiger charge is 2.43. The van der Waals surface area contributed by atoms with Crippen molar-refractivity contribution in [2.75, 3.05) is 6.54 Å². The minimum atomic E-state index is 0.0133. The van der Waals surface area contributed by atoms with E-state index in [2.05, 4.69) is 42.9 Å². The smallest absolute Gasteiger partial charge is 0.135 e. The van der Waals surface area contributed by atoms with Crippen molar-refractivity contribution >= 4 is 22.7 Å². The SMILES string of the molecule is Cc1nc(C2=C(O)CN(C3CC(C)(C)NC(C)(C)C3)C2=N)sc1C. The third-order valence-electron chi connectivity index (χ3n) is 4.98. The van der Waals surface area contributed by atoms with Crippen molar-refractivity contribution in [3.05, 3.63) is 21.3 Å². The molecular weight excluding hydrogens is 320 g/mol. The number of nitrogens with zero attached hydrogens (tertiary/aromatic N) is 2. The summed E-state index contributed by atoms with van der Waals surface area (Å²) in [7, 11) is 0. The molecule has 1 saturated heterocycles. The van der Waals surface area contributed by atoms with E-state index in [1.165, 1.54) is 0 Å². The monoisotopic (exact) mass is 348 g/mol. The fraction of sp³-hybridized carbons (Fsp3) is 0.667. The summed E-state index contributed by atoms with van der Waals surface area (Å²) in [4.78, 5) is 7.75. The van der Waals surface area contributed by atoms with Crippen molar-refractivity contribution in [1.82, 2.24) is 15.2 Å². The lowest BCUT2D eigenvalue weighted by atomic mass is 9.79. The minimum Gasteiger partial charge on any atom is -0.510 e. The maximum absolute atomic E-state index is 10.5. The predicted molar refractivity (Wildman–Crippen MR) is 99.9 cm³/mol. The Morgan fingerprint density at radius 3 is 2.29 bits per heavy atom. The van der Waals surface area contributed by atoms with E-state index in [0.717, 1.165) is 28.4 Å². The molecule has 0 saturated carbocycles. The number of aliphatic hydroxyl groups is 1. The van der Waals surface area contributed by atoms with Gasteiger partial charge < -0.3 is 15.3 Å². The highest BCUT2D eigenvalue weighted by Crippen LogP contribution is 2.37. The number of aliphatic hydroxyl groups excluding tert-OH is 1. The van der Waals surface area contributed by atoms with Gasteiger partial charge in [0, 0.05) is 22.0 Å². The molecule has 0 radical (unpaired) electrons. The van der Waals surface area contributed by atoms with E-state index in [1.807, 2.05) is 13.8 Å². The van der Waals surface area contributed by atoms with Crippen LogP contribution in [0.25, 0.3) is 5.57 Å². The number of hydrogen-bond donors (Lipinski definition) is 3. The maximum atomic E-state index is 10.5. The first-order valence-corrected chi connectivity index (χ1v) is 9.32. The highest BCUT2D eigenvalue weighted by molar-refractivity contribution is 7.13. The van der Waals surface area contributed by atoms with Crippen LogP contribution in [-0.2, 0) is 0 Å². The molecule has 3 N–H and O–H groups in total. The van der Waals surface area contributed by atoms with E-state index in [1.54, 1.807) is 11.3 Å². The van der Waals surface area contributed by atoms with Gasteiger partial charge in [-0.3, -0.25) is 5.41 Å². The van der Waals surface area contributed by atoms with Gasteiger partial charge in [0.15, 0.2) is 0 Å². The standard InChI is InChI=1S/C18H28N4OS/c1-10-11(2)24-16(20-10)14-13(23)9-22(15(14)19)12-7-17(3,4)21-18(5,6)8-12/h12,19,21,23H,7-9H2,1-6H3. The molecule has 1 aromatic rings. The molecule has 132 valence electrons. The average Bonchev–Trinajstić information content (AvgIpc) is 2.86. The third-order valence-corrected chi connectivity index (χ3v) is 6.07. The van der Waals surface area contributed by atoms with Gasteiger partial charge in [-0.1, -0.05) is 0 Å². The van der Waals surface area contributed by atoms with Gasteiger partial charge in [-0.2, -0.15) is 0 Å². The summed E-state index contributed by atoms with van der Waals surface area (Å²) in [6.07, 6.45) is 1.91. The first kappa shape index (κ1) is 17.4. The number of rotatable bonds is 2. The van der Waals surface area contributed by atoms with Gasteiger partial charge in [0.25, 0.3) is 0 Å². The first-order valence-electron chi connectivity index (χ1n) is 8.50. The molecule has 1 aromatic heterocycles. The van der Waals surface area contributed by atoms with Gasteiger partial charge in [0.1, 0.15) is 16.6 Å². The van der Waals surface area contributed by atoms with Crippen LogP contribution < -0.4 is 5.32 Å². The van der Waals surface area contributed by atoms with Crippen LogP contribution in [0.1, 0.15) is 56.1 Å². The molecule has 0 amide bonds. The summed E-state index contributed by atoms with van der Waals surface area (Å²) < 4.78 is 0. The molecule has 24 heavy (non-hydrogen) atoms. The Morgan fingerprint density at radius 1 is 1.21 bits per heavy atom. The number of hydrogen-bond acceptors (Lipinski definition) is 5. The van der Waals surface area contributed by atoms with Gasteiger partial charge in [0.2, 0.25) is 0 Å². The molecule has 2 aliphatic rings. The zero-order valence-electron chi connectivity index (χ0n) is 15.4. The number of aryl methyl sites for hydroxylation is 2. The van der Waals surface area contributed by atoms with E-state index in [9.17, 15) is 5.11 Å². The Morgan fingerprint density at radius 2 is 1.79 bits per heavy atom. The number of thiazole rings is 1. The van der Waals surface area contributed by atoms with Crippen molar-refractivity contribution in [2.45, 2.75) is 71.5 Å². The topological polar surface area (TPSA) is 72.2 Å². The average molecular weight is 349 g/mol. The van der Waals surface area contributed by atoms with Crippen LogP contribution in [-0.4, -0.2) is 44.5 Å². The second-order valence-electron chi connectivity index (χ2n) is 8.41. The third kappa shape index (κ3) is 3.09. The molecule has 1 fully saturated rings. The fourth-order valence-corrected chi connectivity index (χ4v) is 5.19. The Balaban J connectivity index is 1.87. The quantitative estimate of drug-likeness (QED) is 0.763. The van der Waals surface area contributed by atoms with Crippen molar-refractivity contribution < 1.29 is 5.11 Å². The molecule has 3 rings (SSSR count). The van der Waals surface area contributed by atoms with E-state index in [0.29, 0.717) is 18.0 Å². The molecule has 0 unspecified atom stereocenters. The van der Waals surface area contributed by atoms with E-state index in [-0.39, 0.29) is 22.9 Å². The molecule has 0 spiro atoms. The maximum Gasteiger partial charge on any atom is 0.135 e.